The Morgan fingerprint density at radius 2 is 0.810 bits per heavy atom. The van der Waals surface area contributed by atoms with Gasteiger partial charge in [-0.25, -0.2) is 0 Å². The second kappa shape index (κ2) is 36.6. The SMILES string of the molecule is CCCCCCCCCCCCCCCCCCCCCC(=O)OC[C@@H](CO[C@@H]1O[C@H](CO[C@@H]2O[C@H](CO)[C@H](O)C(O)C2O)[C@H](O)C(O)C1O)OC(=O)CCCCCCCCCC. The fourth-order valence-corrected chi connectivity index (χ4v) is 8.16. The molecule has 2 saturated heterocycles. The smallest absolute Gasteiger partial charge is 0.306 e. The first-order valence-corrected chi connectivity index (χ1v) is 25.1. The van der Waals surface area contributed by atoms with Gasteiger partial charge in [-0.2, -0.15) is 0 Å². The molecule has 4 unspecified atom stereocenters. The molecule has 0 spiro atoms. The quantitative estimate of drug-likeness (QED) is 0.0260. The van der Waals surface area contributed by atoms with Crippen LogP contribution in [0.15, 0.2) is 0 Å². The highest BCUT2D eigenvalue weighted by Crippen LogP contribution is 2.26. The number of carbonyl (C=O) groups is 2. The minimum Gasteiger partial charge on any atom is -0.462 e. The van der Waals surface area contributed by atoms with Crippen LogP contribution in [-0.2, 0) is 38.0 Å². The topological polar surface area (TPSA) is 231 Å². The summed E-state index contributed by atoms with van der Waals surface area (Å²) in [7, 11) is 0. The zero-order chi connectivity index (χ0) is 46.1. The molecule has 0 aromatic carbocycles. The van der Waals surface area contributed by atoms with Crippen molar-refractivity contribution in [1.29, 1.82) is 0 Å². The van der Waals surface area contributed by atoms with Crippen molar-refractivity contribution < 1.29 is 73.8 Å². The van der Waals surface area contributed by atoms with Crippen molar-refractivity contribution in [3.63, 3.8) is 0 Å². The fraction of sp³-hybridized carbons (Fsp3) is 0.958. The number of rotatable bonds is 39. The Balaban J connectivity index is 1.75. The number of aliphatic hydroxyl groups excluding tert-OH is 7. The molecule has 11 atom stereocenters. The third-order valence-electron chi connectivity index (χ3n) is 12.3. The van der Waals surface area contributed by atoms with Gasteiger partial charge in [0.05, 0.1) is 19.8 Å². The summed E-state index contributed by atoms with van der Waals surface area (Å²) >= 11 is 0. The van der Waals surface area contributed by atoms with Crippen molar-refractivity contribution in [2.24, 2.45) is 0 Å². The molecule has 0 bridgehead atoms. The molecule has 0 amide bonds. The van der Waals surface area contributed by atoms with Crippen molar-refractivity contribution in [2.75, 3.05) is 26.4 Å². The van der Waals surface area contributed by atoms with Crippen molar-refractivity contribution in [2.45, 2.75) is 268 Å². The van der Waals surface area contributed by atoms with Crippen LogP contribution in [0.1, 0.15) is 200 Å². The van der Waals surface area contributed by atoms with Gasteiger partial charge in [0.2, 0.25) is 0 Å². The van der Waals surface area contributed by atoms with E-state index in [4.69, 9.17) is 28.4 Å². The molecule has 0 saturated carbocycles. The van der Waals surface area contributed by atoms with E-state index in [1.54, 1.807) is 0 Å². The first-order chi connectivity index (χ1) is 30.5. The van der Waals surface area contributed by atoms with Crippen LogP contribution >= 0.6 is 0 Å². The van der Waals surface area contributed by atoms with E-state index in [9.17, 15) is 45.3 Å². The number of esters is 2. The lowest BCUT2D eigenvalue weighted by Gasteiger charge is -2.42. The zero-order valence-electron chi connectivity index (χ0n) is 39.1. The summed E-state index contributed by atoms with van der Waals surface area (Å²) < 4.78 is 33.5. The van der Waals surface area contributed by atoms with E-state index in [2.05, 4.69) is 13.8 Å². The summed E-state index contributed by atoms with van der Waals surface area (Å²) in [6.45, 7) is 2.57. The Labute approximate surface area is 378 Å². The van der Waals surface area contributed by atoms with Crippen LogP contribution in [0.2, 0.25) is 0 Å². The predicted octanol–water partition coefficient (Wildman–Crippen LogP) is 6.43. The zero-order valence-corrected chi connectivity index (χ0v) is 39.1. The minimum absolute atomic E-state index is 0.170. The first-order valence-electron chi connectivity index (χ1n) is 25.1. The van der Waals surface area contributed by atoms with E-state index >= 15 is 0 Å². The van der Waals surface area contributed by atoms with E-state index in [1.165, 1.54) is 122 Å². The highest BCUT2D eigenvalue weighted by molar-refractivity contribution is 5.70. The van der Waals surface area contributed by atoms with Crippen molar-refractivity contribution in [3.05, 3.63) is 0 Å². The van der Waals surface area contributed by atoms with E-state index < -0.39 is 92.7 Å². The molecule has 0 aromatic heterocycles. The van der Waals surface area contributed by atoms with E-state index in [1.807, 2.05) is 0 Å². The van der Waals surface area contributed by atoms with Crippen LogP contribution < -0.4 is 0 Å². The van der Waals surface area contributed by atoms with Crippen molar-refractivity contribution >= 4 is 11.9 Å². The molecule has 0 aromatic rings. The lowest BCUT2D eigenvalue weighted by molar-refractivity contribution is -0.332. The number of aliphatic hydroxyl groups is 7. The maximum absolute atomic E-state index is 12.9. The van der Waals surface area contributed by atoms with Crippen LogP contribution in [0.3, 0.4) is 0 Å². The second-order valence-electron chi connectivity index (χ2n) is 18.0. The molecule has 63 heavy (non-hydrogen) atoms. The van der Waals surface area contributed by atoms with Gasteiger partial charge >= 0.3 is 11.9 Å². The number of ether oxygens (including phenoxy) is 6. The molecule has 2 heterocycles. The van der Waals surface area contributed by atoms with E-state index in [0.717, 1.165) is 38.5 Å². The lowest BCUT2D eigenvalue weighted by atomic mass is 9.98. The number of hydrogen-bond acceptors (Lipinski definition) is 15. The summed E-state index contributed by atoms with van der Waals surface area (Å²) in [6.07, 6.45) is 15.9. The maximum Gasteiger partial charge on any atom is 0.306 e. The van der Waals surface area contributed by atoms with Gasteiger partial charge in [0, 0.05) is 12.8 Å². The van der Waals surface area contributed by atoms with Gasteiger partial charge in [0.15, 0.2) is 18.7 Å². The molecule has 2 rings (SSSR count). The largest absolute Gasteiger partial charge is 0.462 e. The number of carbonyl (C=O) groups excluding carboxylic acids is 2. The standard InChI is InChI=1S/C48H90O15/c1-3-5-7-9-11-13-14-15-16-17-18-19-20-21-22-23-25-26-28-30-39(50)58-33-36(61-40(51)31-29-27-24-12-10-8-6-4-2)34-59-47-46(57)44(55)42(53)38(63-47)35-60-48-45(56)43(54)41(52)37(32-49)62-48/h36-38,41-49,52-57H,3-35H2,1-2H3/t36-,37+,38+,41-,42-,43?,44?,45?,46?,47+,48+/m0/s1. The average Bonchev–Trinajstić information content (AvgIpc) is 3.28. The molecular weight excluding hydrogens is 817 g/mol. The third kappa shape index (κ3) is 25.3. The van der Waals surface area contributed by atoms with E-state index in [-0.39, 0.29) is 26.1 Å². The van der Waals surface area contributed by atoms with Crippen LogP contribution in [0.25, 0.3) is 0 Å². The van der Waals surface area contributed by atoms with Crippen LogP contribution in [0.4, 0.5) is 0 Å². The molecule has 2 fully saturated rings. The van der Waals surface area contributed by atoms with Gasteiger partial charge in [0.25, 0.3) is 0 Å². The summed E-state index contributed by atoms with van der Waals surface area (Å²) in [4.78, 5) is 25.6. The second-order valence-corrected chi connectivity index (χ2v) is 18.0. The number of unbranched alkanes of at least 4 members (excludes halogenated alkanes) is 25. The summed E-state index contributed by atoms with van der Waals surface area (Å²) in [5, 5.41) is 71.9. The Morgan fingerprint density at radius 1 is 0.444 bits per heavy atom. The average molecular weight is 907 g/mol. The molecule has 2 aliphatic rings. The monoisotopic (exact) mass is 907 g/mol. The molecule has 2 aliphatic heterocycles. The number of hydrogen-bond donors (Lipinski definition) is 7. The van der Waals surface area contributed by atoms with E-state index in [0.29, 0.717) is 12.8 Å². The van der Waals surface area contributed by atoms with Crippen LogP contribution in [-0.4, -0.2) is 142 Å². The predicted molar refractivity (Wildman–Crippen MR) is 238 cm³/mol. The summed E-state index contributed by atoms with van der Waals surface area (Å²) in [6, 6.07) is 0. The van der Waals surface area contributed by atoms with Crippen LogP contribution in [0.5, 0.6) is 0 Å². The Kier molecular flexibility index (Phi) is 33.5. The highest BCUT2D eigenvalue weighted by Gasteiger charge is 2.47. The van der Waals surface area contributed by atoms with Crippen molar-refractivity contribution in [1.82, 2.24) is 0 Å². The lowest BCUT2D eigenvalue weighted by Crippen LogP contribution is -2.61. The third-order valence-corrected chi connectivity index (χ3v) is 12.3. The normalized spacial score (nSPS) is 26.7. The summed E-state index contributed by atoms with van der Waals surface area (Å²) in [5.41, 5.74) is 0. The Hall–Kier alpha value is -1.50. The molecule has 0 aliphatic carbocycles. The van der Waals surface area contributed by atoms with Gasteiger partial charge in [-0.05, 0) is 12.8 Å². The molecular formula is C48H90O15. The van der Waals surface area contributed by atoms with Gasteiger partial charge in [-0.1, -0.05) is 174 Å². The maximum atomic E-state index is 12.9. The molecule has 372 valence electrons. The molecule has 0 radical (unpaired) electrons. The molecule has 7 N–H and O–H groups in total. The van der Waals surface area contributed by atoms with Gasteiger partial charge in [-0.3, -0.25) is 9.59 Å². The van der Waals surface area contributed by atoms with Crippen LogP contribution in [0, 0.1) is 0 Å². The highest BCUT2D eigenvalue weighted by atomic mass is 16.7. The van der Waals surface area contributed by atoms with Gasteiger partial charge < -0.3 is 64.2 Å². The molecule has 15 nitrogen and oxygen atoms in total. The Bertz CT molecular complexity index is 1110. The Morgan fingerprint density at radius 3 is 1.24 bits per heavy atom. The first kappa shape index (κ1) is 57.6. The van der Waals surface area contributed by atoms with Crippen molar-refractivity contribution in [3.8, 4) is 0 Å². The van der Waals surface area contributed by atoms with Gasteiger partial charge in [0.1, 0.15) is 55.4 Å². The summed E-state index contributed by atoms with van der Waals surface area (Å²) in [5.74, 6) is -0.917. The minimum atomic E-state index is -1.76. The molecule has 15 heteroatoms. The van der Waals surface area contributed by atoms with Gasteiger partial charge in [-0.15, -0.1) is 0 Å². The fourth-order valence-electron chi connectivity index (χ4n) is 8.16.